The first-order valence-electron chi connectivity index (χ1n) is 30.2. The van der Waals surface area contributed by atoms with Crippen LogP contribution in [0.25, 0.3) is 0 Å². The summed E-state index contributed by atoms with van der Waals surface area (Å²) in [6.07, 6.45) is 61.8. The highest BCUT2D eigenvalue weighted by Crippen LogP contribution is 2.43. The van der Waals surface area contributed by atoms with Crippen LogP contribution in [0.15, 0.2) is 60.8 Å². The summed E-state index contributed by atoms with van der Waals surface area (Å²) in [6, 6.07) is 0. The average Bonchev–Trinajstić information content (AvgIpc) is 3.39. The van der Waals surface area contributed by atoms with E-state index < -0.39 is 57.8 Å². The molecule has 0 saturated carbocycles. The van der Waals surface area contributed by atoms with Gasteiger partial charge in [-0.3, -0.25) is 23.4 Å². The molecular weight excluding hydrogens is 952 g/mol. The molecule has 0 aliphatic rings. The fraction of sp³-hybridized carbons (Fsp3) is 0.790. The van der Waals surface area contributed by atoms with Gasteiger partial charge in [0, 0.05) is 19.3 Å². The molecule has 0 aliphatic heterocycles. The molecule has 0 aliphatic carbocycles. The van der Waals surface area contributed by atoms with Crippen LogP contribution in [0.5, 0.6) is 0 Å². The van der Waals surface area contributed by atoms with Crippen molar-refractivity contribution in [3.05, 3.63) is 60.8 Å². The highest BCUT2D eigenvalue weighted by Gasteiger charge is 2.28. The van der Waals surface area contributed by atoms with Crippen LogP contribution < -0.4 is 0 Å². The third kappa shape index (κ3) is 54.0. The summed E-state index contributed by atoms with van der Waals surface area (Å²) < 4.78 is 39.5. The highest BCUT2D eigenvalue weighted by molar-refractivity contribution is 7.47. The van der Waals surface area contributed by atoms with Crippen molar-refractivity contribution in [2.24, 2.45) is 0 Å². The number of aliphatic hydroxyl groups is 1. The minimum atomic E-state index is -4.75. The zero-order valence-corrected chi connectivity index (χ0v) is 48.5. The Morgan fingerprint density at radius 3 is 1.09 bits per heavy atom. The number of hydrogen-bond acceptors (Lipinski definition) is 10. The van der Waals surface area contributed by atoms with Crippen LogP contribution in [-0.2, 0) is 42.2 Å². The molecule has 0 amide bonds. The summed E-state index contributed by atoms with van der Waals surface area (Å²) in [4.78, 5) is 48.6. The topological polar surface area (TPSA) is 155 Å². The van der Waals surface area contributed by atoms with E-state index >= 15 is 0 Å². The molecule has 3 atom stereocenters. The van der Waals surface area contributed by atoms with E-state index in [0.717, 1.165) is 89.9 Å². The minimum absolute atomic E-state index is 0.140. The van der Waals surface area contributed by atoms with E-state index in [1.807, 2.05) is 0 Å². The Hall–Kier alpha value is -2.82. The van der Waals surface area contributed by atoms with Gasteiger partial charge in [-0.05, 0) is 83.5 Å². The second-order valence-corrected chi connectivity index (χ2v) is 21.6. The quantitative estimate of drug-likeness (QED) is 0.0197. The van der Waals surface area contributed by atoms with Crippen LogP contribution in [0.4, 0.5) is 0 Å². The van der Waals surface area contributed by atoms with Crippen molar-refractivity contribution in [1.82, 2.24) is 0 Å². The van der Waals surface area contributed by atoms with Gasteiger partial charge >= 0.3 is 25.7 Å². The number of phosphoric acid groups is 1. The van der Waals surface area contributed by atoms with Gasteiger partial charge in [-0.15, -0.1) is 0 Å². The Kier molecular flexibility index (Phi) is 54.2. The van der Waals surface area contributed by atoms with Crippen LogP contribution in [-0.4, -0.2) is 66.5 Å². The molecule has 0 spiro atoms. The lowest BCUT2D eigenvalue weighted by molar-refractivity contribution is -0.161. The van der Waals surface area contributed by atoms with Gasteiger partial charge in [0.25, 0.3) is 0 Å². The van der Waals surface area contributed by atoms with Crippen molar-refractivity contribution in [1.29, 1.82) is 0 Å². The van der Waals surface area contributed by atoms with E-state index in [1.165, 1.54) is 128 Å². The molecule has 2 N–H and O–H groups in total. The Labute approximate surface area is 453 Å². The molecule has 74 heavy (non-hydrogen) atoms. The molecule has 0 aromatic heterocycles. The minimum Gasteiger partial charge on any atom is -0.462 e. The third-order valence-corrected chi connectivity index (χ3v) is 13.9. The predicted octanol–water partition coefficient (Wildman–Crippen LogP) is 17.9. The molecule has 0 aromatic rings. The van der Waals surface area contributed by atoms with Crippen molar-refractivity contribution < 1.29 is 52.2 Å². The van der Waals surface area contributed by atoms with Crippen LogP contribution in [0.1, 0.15) is 278 Å². The summed E-state index contributed by atoms with van der Waals surface area (Å²) in [5.41, 5.74) is 0. The van der Waals surface area contributed by atoms with Crippen molar-refractivity contribution in [2.45, 2.75) is 290 Å². The summed E-state index contributed by atoms with van der Waals surface area (Å²) in [7, 11) is -4.75. The number of carbonyl (C=O) groups excluding carboxylic acids is 3. The van der Waals surface area contributed by atoms with Crippen molar-refractivity contribution >= 4 is 25.7 Å². The van der Waals surface area contributed by atoms with Crippen LogP contribution in [0.2, 0.25) is 0 Å². The molecule has 0 saturated heterocycles. The van der Waals surface area contributed by atoms with E-state index in [2.05, 4.69) is 81.5 Å². The Bertz CT molecular complexity index is 1470. The molecular formula is C62H111O11P. The third-order valence-electron chi connectivity index (χ3n) is 12.9. The molecule has 0 rings (SSSR count). The summed E-state index contributed by atoms with van der Waals surface area (Å²) in [5.74, 6) is -1.48. The number of hydrogen-bond donors (Lipinski definition) is 2. The normalized spacial score (nSPS) is 13.7. The zero-order valence-electron chi connectivity index (χ0n) is 47.6. The number of unbranched alkanes of at least 4 members (excludes halogenated alkanes) is 29. The van der Waals surface area contributed by atoms with E-state index in [0.29, 0.717) is 19.3 Å². The highest BCUT2D eigenvalue weighted by atomic mass is 31.2. The second kappa shape index (κ2) is 56.4. The number of phosphoric ester groups is 1. The van der Waals surface area contributed by atoms with E-state index in [1.54, 1.807) is 0 Å². The van der Waals surface area contributed by atoms with Gasteiger partial charge < -0.3 is 24.2 Å². The number of rotatable bonds is 56. The van der Waals surface area contributed by atoms with E-state index in [4.69, 9.17) is 23.3 Å². The van der Waals surface area contributed by atoms with Gasteiger partial charge in [0.2, 0.25) is 0 Å². The smallest absolute Gasteiger partial charge is 0.462 e. The molecule has 0 fully saturated rings. The van der Waals surface area contributed by atoms with Crippen LogP contribution in [0, 0.1) is 0 Å². The number of esters is 3. The maximum absolute atomic E-state index is 12.9. The standard InChI is InChI=1S/C62H111O11P/c1-4-7-10-13-16-19-22-24-26-28-29-31-32-34-37-39-42-45-48-51-60(64)69-55-59(73-62(66)53-50-47-44-41-38-35-33-30-27-25-23-20-17-14-11-8-5-2)57-71-74(67,68)70-56-58(54-63)72-61(65)52-49-46-43-40-36-21-18-15-12-9-6-3/h8,11,17,20,24-27,33,35,58-59,63H,4-7,9-10,12-16,18-19,21-23,28-32,34,36-57H2,1-3H3,(H,67,68)/b11-8-,20-17-,26-24-,27-25-,35-33-. The number of carbonyl (C=O) groups is 3. The largest absolute Gasteiger partial charge is 0.472 e. The van der Waals surface area contributed by atoms with Gasteiger partial charge in [0.15, 0.2) is 6.10 Å². The van der Waals surface area contributed by atoms with E-state index in [-0.39, 0.29) is 25.9 Å². The Balaban J connectivity index is 4.73. The molecule has 0 bridgehead atoms. The molecule has 0 radical (unpaired) electrons. The molecule has 430 valence electrons. The summed E-state index contributed by atoms with van der Waals surface area (Å²) in [6.45, 7) is 4.52. The zero-order chi connectivity index (χ0) is 54.1. The lowest BCUT2D eigenvalue weighted by Gasteiger charge is -2.21. The Morgan fingerprint density at radius 2 is 0.703 bits per heavy atom. The monoisotopic (exact) mass is 1060 g/mol. The van der Waals surface area contributed by atoms with Gasteiger partial charge in [-0.2, -0.15) is 0 Å². The van der Waals surface area contributed by atoms with Crippen molar-refractivity contribution in [3.8, 4) is 0 Å². The lowest BCUT2D eigenvalue weighted by Crippen LogP contribution is -2.30. The number of aliphatic hydroxyl groups excluding tert-OH is 1. The molecule has 0 heterocycles. The summed E-state index contributed by atoms with van der Waals surface area (Å²) >= 11 is 0. The fourth-order valence-electron chi connectivity index (χ4n) is 8.34. The first kappa shape index (κ1) is 71.2. The van der Waals surface area contributed by atoms with E-state index in [9.17, 15) is 28.9 Å². The van der Waals surface area contributed by atoms with Crippen LogP contribution >= 0.6 is 7.82 Å². The molecule has 12 heteroatoms. The predicted molar refractivity (Wildman–Crippen MR) is 307 cm³/mol. The number of ether oxygens (including phenoxy) is 3. The first-order chi connectivity index (χ1) is 36.2. The van der Waals surface area contributed by atoms with Gasteiger partial charge in [0.05, 0.1) is 19.8 Å². The van der Waals surface area contributed by atoms with Gasteiger partial charge in [-0.1, -0.05) is 236 Å². The average molecular weight is 1060 g/mol. The van der Waals surface area contributed by atoms with Crippen LogP contribution in [0.3, 0.4) is 0 Å². The maximum atomic E-state index is 12.9. The fourth-order valence-corrected chi connectivity index (χ4v) is 9.13. The van der Waals surface area contributed by atoms with Crippen molar-refractivity contribution in [2.75, 3.05) is 26.4 Å². The number of allylic oxidation sites excluding steroid dienone is 10. The maximum Gasteiger partial charge on any atom is 0.472 e. The molecule has 0 aromatic carbocycles. The van der Waals surface area contributed by atoms with Gasteiger partial charge in [0.1, 0.15) is 12.7 Å². The molecule has 11 nitrogen and oxygen atoms in total. The Morgan fingerprint density at radius 1 is 0.392 bits per heavy atom. The first-order valence-corrected chi connectivity index (χ1v) is 31.7. The lowest BCUT2D eigenvalue weighted by atomic mass is 10.1. The second-order valence-electron chi connectivity index (χ2n) is 20.1. The summed E-state index contributed by atoms with van der Waals surface area (Å²) in [5, 5.41) is 9.80. The van der Waals surface area contributed by atoms with Gasteiger partial charge in [-0.25, -0.2) is 4.57 Å². The van der Waals surface area contributed by atoms with Crippen molar-refractivity contribution in [3.63, 3.8) is 0 Å². The molecule has 3 unspecified atom stereocenters. The SMILES string of the molecule is CC/C=C\C/C=C\C/C=C\C/C=C\CCCCCCC(=O)OC(COC(=O)CCCCCCCCCCC/C=C\CCCCCCCC)COP(=O)(O)OCC(CO)OC(=O)CCCCCCCCCCCCC.